The molecule has 88 valence electrons. The third-order valence-corrected chi connectivity index (χ3v) is 5.65. The van der Waals surface area contributed by atoms with E-state index in [1.165, 1.54) is 31.5 Å². The molecule has 1 aromatic rings. The van der Waals surface area contributed by atoms with Gasteiger partial charge < -0.3 is 5.32 Å². The summed E-state index contributed by atoms with van der Waals surface area (Å²) < 4.78 is 0. The smallest absolute Gasteiger partial charge is 0.0797 e. The van der Waals surface area contributed by atoms with Crippen molar-refractivity contribution in [3.8, 4) is 0 Å². The summed E-state index contributed by atoms with van der Waals surface area (Å²) >= 11 is 1.87. The van der Waals surface area contributed by atoms with Crippen LogP contribution in [0.1, 0.15) is 35.8 Å². The molecular weight excluding hydrogens is 216 g/mol. The van der Waals surface area contributed by atoms with Crippen molar-refractivity contribution in [1.29, 1.82) is 0 Å². The van der Waals surface area contributed by atoms with E-state index in [4.69, 9.17) is 0 Å². The highest BCUT2D eigenvalue weighted by Crippen LogP contribution is 2.56. The van der Waals surface area contributed by atoms with Crippen LogP contribution in [0.4, 0.5) is 0 Å². The van der Waals surface area contributed by atoms with Gasteiger partial charge in [-0.2, -0.15) is 0 Å². The van der Waals surface area contributed by atoms with Crippen molar-refractivity contribution >= 4 is 11.3 Å². The van der Waals surface area contributed by atoms with Gasteiger partial charge in [0.05, 0.1) is 11.2 Å². The molecule has 0 aromatic carbocycles. The Hall–Kier alpha value is -0.410. The molecule has 2 unspecified atom stereocenters. The van der Waals surface area contributed by atoms with Gasteiger partial charge in [-0.1, -0.05) is 0 Å². The summed E-state index contributed by atoms with van der Waals surface area (Å²) in [7, 11) is 2.08. The lowest BCUT2D eigenvalue weighted by Crippen LogP contribution is -2.44. The largest absolute Gasteiger partial charge is 0.319 e. The topological polar surface area (TPSA) is 24.9 Å². The lowest BCUT2D eigenvalue weighted by atomic mass is 9.55. The van der Waals surface area contributed by atoms with E-state index < -0.39 is 0 Å². The second kappa shape index (κ2) is 4.11. The average molecular weight is 236 g/mol. The monoisotopic (exact) mass is 236 g/mol. The molecule has 0 aliphatic heterocycles. The first-order valence-electron chi connectivity index (χ1n) is 6.34. The van der Waals surface area contributed by atoms with Crippen molar-refractivity contribution in [2.24, 2.45) is 17.8 Å². The average Bonchev–Trinajstić information content (AvgIpc) is 2.63. The summed E-state index contributed by atoms with van der Waals surface area (Å²) in [6, 6.07) is 0. The minimum Gasteiger partial charge on any atom is -0.319 e. The molecule has 16 heavy (non-hydrogen) atoms. The second-order valence-electron chi connectivity index (χ2n) is 5.45. The summed E-state index contributed by atoms with van der Waals surface area (Å²) in [6.45, 7) is 3.37. The molecule has 1 aromatic heterocycles. The van der Waals surface area contributed by atoms with Crippen molar-refractivity contribution in [3.05, 3.63) is 16.1 Å². The van der Waals surface area contributed by atoms with Crippen molar-refractivity contribution in [2.45, 2.75) is 32.1 Å². The van der Waals surface area contributed by atoms with Crippen molar-refractivity contribution in [2.75, 3.05) is 13.6 Å². The fourth-order valence-corrected chi connectivity index (χ4v) is 4.64. The summed E-state index contributed by atoms with van der Waals surface area (Å²) in [6.07, 6.45) is 4.32. The van der Waals surface area contributed by atoms with Crippen LogP contribution in [0.25, 0.3) is 0 Å². The van der Waals surface area contributed by atoms with Gasteiger partial charge in [0.2, 0.25) is 0 Å². The normalized spacial score (nSPS) is 37.1. The van der Waals surface area contributed by atoms with Gasteiger partial charge in [0, 0.05) is 4.88 Å². The molecule has 3 saturated carbocycles. The van der Waals surface area contributed by atoms with E-state index >= 15 is 0 Å². The molecule has 3 fully saturated rings. The highest BCUT2D eigenvalue weighted by molar-refractivity contribution is 7.09. The summed E-state index contributed by atoms with van der Waals surface area (Å²) in [5, 5.41) is 3.36. The molecule has 3 heteroatoms. The Morgan fingerprint density at radius 1 is 1.38 bits per heavy atom. The number of thiazole rings is 1. The van der Waals surface area contributed by atoms with Gasteiger partial charge in [0.25, 0.3) is 0 Å². The standard InChI is InChI=1S/C13H20N2S/c1-8-13(16-7-15-8)12-5-11(6-14-2)9-3-10(12)4-9/h7,9-12,14H,3-6H2,1-2H3. The SMILES string of the molecule is CNCC1CC(c2scnc2C)C2CC1C2. The molecule has 0 spiro atoms. The Bertz CT molecular complexity index is 368. The first-order chi connectivity index (χ1) is 7.79. The quantitative estimate of drug-likeness (QED) is 0.873. The zero-order chi connectivity index (χ0) is 11.1. The van der Waals surface area contributed by atoms with Crippen LogP contribution in [0.5, 0.6) is 0 Å². The molecule has 0 radical (unpaired) electrons. The van der Waals surface area contributed by atoms with E-state index in [1.54, 1.807) is 4.88 Å². The first kappa shape index (κ1) is 10.7. The van der Waals surface area contributed by atoms with Gasteiger partial charge in [-0.3, -0.25) is 0 Å². The predicted molar refractivity (Wildman–Crippen MR) is 67.8 cm³/mol. The Labute approximate surface area is 101 Å². The fourth-order valence-electron chi connectivity index (χ4n) is 3.63. The third kappa shape index (κ3) is 1.61. The Morgan fingerprint density at radius 2 is 2.19 bits per heavy atom. The molecule has 3 aliphatic rings. The van der Waals surface area contributed by atoms with Gasteiger partial charge >= 0.3 is 0 Å². The minimum atomic E-state index is 0.816. The predicted octanol–water partition coefficient (Wildman–Crippen LogP) is 2.80. The molecule has 2 nitrogen and oxygen atoms in total. The number of nitrogens with zero attached hydrogens (tertiary/aromatic N) is 1. The van der Waals surface area contributed by atoms with Crippen molar-refractivity contribution < 1.29 is 0 Å². The van der Waals surface area contributed by atoms with Gasteiger partial charge in [-0.15, -0.1) is 11.3 Å². The Morgan fingerprint density at radius 3 is 2.81 bits per heavy atom. The molecule has 1 heterocycles. The van der Waals surface area contributed by atoms with Crippen molar-refractivity contribution in [3.63, 3.8) is 0 Å². The number of nitrogens with one attached hydrogen (secondary N) is 1. The third-order valence-electron chi connectivity index (χ3n) is 4.59. The van der Waals surface area contributed by atoms with Crippen LogP contribution in [0.3, 0.4) is 0 Å². The molecule has 1 N–H and O–H groups in total. The number of hydrogen-bond donors (Lipinski definition) is 1. The summed E-state index contributed by atoms with van der Waals surface area (Å²) in [5.74, 6) is 3.71. The van der Waals surface area contributed by atoms with Gasteiger partial charge in [0.15, 0.2) is 0 Å². The van der Waals surface area contributed by atoms with Crippen LogP contribution < -0.4 is 5.32 Å². The lowest BCUT2D eigenvalue weighted by Gasteiger charge is -2.51. The van der Waals surface area contributed by atoms with Crippen LogP contribution in [0, 0.1) is 24.7 Å². The van der Waals surface area contributed by atoms with E-state index in [1.807, 2.05) is 16.8 Å². The van der Waals surface area contributed by atoms with Gasteiger partial charge in [-0.05, 0) is 63.5 Å². The molecule has 4 rings (SSSR count). The zero-order valence-electron chi connectivity index (χ0n) is 10.1. The minimum absolute atomic E-state index is 0.816. The highest BCUT2D eigenvalue weighted by atomic mass is 32.1. The molecule has 0 saturated heterocycles. The van der Waals surface area contributed by atoms with Crippen molar-refractivity contribution in [1.82, 2.24) is 10.3 Å². The zero-order valence-corrected chi connectivity index (χ0v) is 10.9. The molecular formula is C13H20N2S. The van der Waals surface area contributed by atoms with Crippen LogP contribution in [-0.2, 0) is 0 Å². The van der Waals surface area contributed by atoms with Gasteiger partial charge in [0.1, 0.15) is 0 Å². The maximum absolute atomic E-state index is 4.42. The lowest BCUT2D eigenvalue weighted by molar-refractivity contribution is 0.0296. The number of aromatic nitrogens is 1. The van der Waals surface area contributed by atoms with Crippen LogP contribution >= 0.6 is 11.3 Å². The first-order valence-corrected chi connectivity index (χ1v) is 7.22. The molecule has 2 bridgehead atoms. The fraction of sp³-hybridized carbons (Fsp3) is 0.769. The number of hydrogen-bond acceptors (Lipinski definition) is 3. The molecule has 0 amide bonds. The van der Waals surface area contributed by atoms with Crippen LogP contribution in [-0.4, -0.2) is 18.6 Å². The molecule has 2 atom stereocenters. The summed E-state index contributed by atoms with van der Waals surface area (Å²) in [4.78, 5) is 5.99. The maximum Gasteiger partial charge on any atom is 0.0797 e. The number of aryl methyl sites for hydroxylation is 1. The number of rotatable bonds is 3. The van der Waals surface area contributed by atoms with Crippen LogP contribution in [0.2, 0.25) is 0 Å². The highest BCUT2D eigenvalue weighted by Gasteiger charge is 2.46. The summed E-state index contributed by atoms with van der Waals surface area (Å²) in [5.41, 5.74) is 3.30. The molecule has 3 aliphatic carbocycles. The Kier molecular flexibility index (Phi) is 2.76. The Balaban J connectivity index is 1.79. The van der Waals surface area contributed by atoms with E-state index in [0.717, 1.165) is 23.7 Å². The van der Waals surface area contributed by atoms with E-state index in [2.05, 4.69) is 24.3 Å². The van der Waals surface area contributed by atoms with E-state index in [9.17, 15) is 0 Å². The van der Waals surface area contributed by atoms with E-state index in [-0.39, 0.29) is 0 Å². The van der Waals surface area contributed by atoms with Gasteiger partial charge in [-0.25, -0.2) is 4.98 Å². The maximum atomic E-state index is 4.42. The van der Waals surface area contributed by atoms with E-state index in [0.29, 0.717) is 0 Å². The second-order valence-corrected chi connectivity index (χ2v) is 6.34. The number of fused-ring (bicyclic) bond motifs is 2. The van der Waals surface area contributed by atoms with Crippen LogP contribution in [0.15, 0.2) is 5.51 Å².